The lowest BCUT2D eigenvalue weighted by molar-refractivity contribution is -0.131. The standard InChI is InChI=1S/C21H26N2O2/c1-17-16-22(14-15-23(17)19-6-4-3-5-7-19)21(24)13-10-18-8-11-20(25-2)12-9-18/h3-9,11-12,17H,10,13-16H2,1-2H3. The molecule has 1 aliphatic heterocycles. The maximum Gasteiger partial charge on any atom is 0.223 e. The van der Waals surface area contributed by atoms with E-state index in [1.807, 2.05) is 35.2 Å². The van der Waals surface area contributed by atoms with Gasteiger partial charge in [-0.1, -0.05) is 30.3 Å². The Morgan fingerprint density at radius 2 is 1.80 bits per heavy atom. The number of benzene rings is 2. The van der Waals surface area contributed by atoms with E-state index >= 15 is 0 Å². The van der Waals surface area contributed by atoms with E-state index in [4.69, 9.17) is 4.74 Å². The molecule has 1 amide bonds. The Morgan fingerprint density at radius 3 is 2.44 bits per heavy atom. The summed E-state index contributed by atoms with van der Waals surface area (Å²) in [5.41, 5.74) is 2.41. The Morgan fingerprint density at radius 1 is 1.08 bits per heavy atom. The van der Waals surface area contributed by atoms with Gasteiger partial charge >= 0.3 is 0 Å². The number of para-hydroxylation sites is 1. The van der Waals surface area contributed by atoms with Crippen LogP contribution in [0.4, 0.5) is 5.69 Å². The van der Waals surface area contributed by atoms with E-state index in [2.05, 4.69) is 36.1 Å². The van der Waals surface area contributed by atoms with Crippen molar-refractivity contribution in [3.8, 4) is 5.75 Å². The second-order valence-corrected chi connectivity index (χ2v) is 6.57. The fourth-order valence-electron chi connectivity index (χ4n) is 3.39. The van der Waals surface area contributed by atoms with Gasteiger partial charge in [0.2, 0.25) is 5.91 Å². The van der Waals surface area contributed by atoms with Gasteiger partial charge < -0.3 is 14.5 Å². The van der Waals surface area contributed by atoms with E-state index in [1.54, 1.807) is 7.11 Å². The first kappa shape index (κ1) is 17.3. The van der Waals surface area contributed by atoms with Gasteiger partial charge in [-0.05, 0) is 43.2 Å². The van der Waals surface area contributed by atoms with Gasteiger partial charge in [0, 0.05) is 37.8 Å². The maximum atomic E-state index is 12.6. The zero-order valence-corrected chi connectivity index (χ0v) is 15.0. The molecule has 4 nitrogen and oxygen atoms in total. The zero-order valence-electron chi connectivity index (χ0n) is 15.0. The van der Waals surface area contributed by atoms with Crippen molar-refractivity contribution in [1.29, 1.82) is 0 Å². The molecule has 1 unspecified atom stereocenters. The fraction of sp³-hybridized carbons (Fsp3) is 0.381. The Kier molecular flexibility index (Phi) is 5.59. The Bertz CT molecular complexity index is 685. The SMILES string of the molecule is COc1ccc(CCC(=O)N2CCN(c3ccccc3)C(C)C2)cc1. The lowest BCUT2D eigenvalue weighted by Crippen LogP contribution is -2.53. The second kappa shape index (κ2) is 8.06. The van der Waals surface area contributed by atoms with E-state index in [1.165, 1.54) is 11.3 Å². The highest BCUT2D eigenvalue weighted by molar-refractivity contribution is 5.77. The Hall–Kier alpha value is -2.49. The molecule has 0 radical (unpaired) electrons. The molecule has 0 aliphatic carbocycles. The summed E-state index contributed by atoms with van der Waals surface area (Å²) in [6.07, 6.45) is 1.33. The number of nitrogens with zero attached hydrogens (tertiary/aromatic N) is 2. The van der Waals surface area contributed by atoms with Crippen molar-refractivity contribution in [2.24, 2.45) is 0 Å². The highest BCUT2D eigenvalue weighted by Gasteiger charge is 2.26. The first-order chi connectivity index (χ1) is 12.2. The van der Waals surface area contributed by atoms with E-state index in [0.717, 1.165) is 31.8 Å². The Balaban J connectivity index is 1.52. The van der Waals surface area contributed by atoms with Crippen LogP contribution in [0.1, 0.15) is 18.9 Å². The van der Waals surface area contributed by atoms with Gasteiger partial charge in [-0.15, -0.1) is 0 Å². The molecule has 25 heavy (non-hydrogen) atoms. The number of hydrogen-bond donors (Lipinski definition) is 0. The van der Waals surface area contributed by atoms with Gasteiger partial charge in [-0.25, -0.2) is 0 Å². The molecule has 0 N–H and O–H groups in total. The molecule has 132 valence electrons. The molecule has 1 aliphatic rings. The predicted octanol–water partition coefficient (Wildman–Crippen LogP) is 3.37. The summed E-state index contributed by atoms with van der Waals surface area (Å²) in [4.78, 5) is 17.0. The van der Waals surface area contributed by atoms with E-state index in [0.29, 0.717) is 12.5 Å². The van der Waals surface area contributed by atoms with E-state index < -0.39 is 0 Å². The topological polar surface area (TPSA) is 32.8 Å². The molecule has 2 aromatic rings. The molecule has 1 fully saturated rings. The molecule has 2 aromatic carbocycles. The third-order valence-electron chi connectivity index (χ3n) is 4.85. The van der Waals surface area contributed by atoms with Crippen LogP contribution in [-0.4, -0.2) is 43.6 Å². The molecular weight excluding hydrogens is 312 g/mol. The first-order valence-electron chi connectivity index (χ1n) is 8.90. The van der Waals surface area contributed by atoms with E-state index in [9.17, 15) is 4.79 Å². The van der Waals surface area contributed by atoms with Gasteiger partial charge in [-0.3, -0.25) is 4.79 Å². The Labute approximate surface area is 150 Å². The lowest BCUT2D eigenvalue weighted by Gasteiger charge is -2.41. The molecule has 0 bridgehead atoms. The highest BCUT2D eigenvalue weighted by Crippen LogP contribution is 2.21. The van der Waals surface area contributed by atoms with Gasteiger partial charge in [0.05, 0.1) is 7.11 Å². The van der Waals surface area contributed by atoms with Crippen molar-refractivity contribution in [3.05, 3.63) is 60.2 Å². The number of rotatable bonds is 5. The minimum Gasteiger partial charge on any atom is -0.497 e. The monoisotopic (exact) mass is 338 g/mol. The number of amides is 1. The average Bonchev–Trinajstić information content (AvgIpc) is 2.67. The largest absolute Gasteiger partial charge is 0.497 e. The van der Waals surface area contributed by atoms with E-state index in [-0.39, 0.29) is 5.91 Å². The number of piperazine rings is 1. The molecule has 0 saturated carbocycles. The van der Waals surface area contributed by atoms with Crippen LogP contribution in [0.5, 0.6) is 5.75 Å². The van der Waals surface area contributed by atoms with Gasteiger partial charge in [0.25, 0.3) is 0 Å². The number of aryl methyl sites for hydroxylation is 1. The fourth-order valence-corrected chi connectivity index (χ4v) is 3.39. The van der Waals surface area contributed by atoms with Crippen LogP contribution in [0.25, 0.3) is 0 Å². The summed E-state index contributed by atoms with van der Waals surface area (Å²) < 4.78 is 5.17. The van der Waals surface area contributed by atoms with Crippen LogP contribution in [0.3, 0.4) is 0 Å². The lowest BCUT2D eigenvalue weighted by atomic mass is 10.1. The number of hydrogen-bond acceptors (Lipinski definition) is 3. The third-order valence-corrected chi connectivity index (χ3v) is 4.85. The highest BCUT2D eigenvalue weighted by atomic mass is 16.5. The molecular formula is C21H26N2O2. The van der Waals surface area contributed by atoms with Crippen molar-refractivity contribution < 1.29 is 9.53 Å². The number of carbonyl (C=O) groups excluding carboxylic acids is 1. The summed E-state index contributed by atoms with van der Waals surface area (Å²) in [5, 5.41) is 0. The van der Waals surface area contributed by atoms with Gasteiger partial charge in [0.1, 0.15) is 5.75 Å². The number of carbonyl (C=O) groups is 1. The van der Waals surface area contributed by atoms with Gasteiger partial charge in [0.15, 0.2) is 0 Å². The molecule has 1 saturated heterocycles. The zero-order chi connectivity index (χ0) is 17.6. The molecule has 1 atom stereocenters. The van der Waals surface area contributed by atoms with Crippen LogP contribution in [0.2, 0.25) is 0 Å². The van der Waals surface area contributed by atoms with Crippen LogP contribution >= 0.6 is 0 Å². The summed E-state index contributed by atoms with van der Waals surface area (Å²) in [6.45, 7) is 4.66. The van der Waals surface area contributed by atoms with Crippen molar-refractivity contribution in [1.82, 2.24) is 4.90 Å². The summed E-state index contributed by atoms with van der Waals surface area (Å²) in [6, 6.07) is 18.7. The molecule has 0 aromatic heterocycles. The number of ether oxygens (including phenoxy) is 1. The summed E-state index contributed by atoms with van der Waals surface area (Å²) >= 11 is 0. The third kappa shape index (κ3) is 4.32. The first-order valence-corrected chi connectivity index (χ1v) is 8.90. The maximum absolute atomic E-state index is 12.6. The molecule has 4 heteroatoms. The molecule has 0 spiro atoms. The normalized spacial score (nSPS) is 17.4. The predicted molar refractivity (Wildman–Crippen MR) is 101 cm³/mol. The van der Waals surface area contributed by atoms with Crippen molar-refractivity contribution in [2.75, 3.05) is 31.6 Å². The minimum atomic E-state index is 0.246. The minimum absolute atomic E-state index is 0.246. The van der Waals surface area contributed by atoms with Crippen LogP contribution in [0, 0.1) is 0 Å². The van der Waals surface area contributed by atoms with Crippen molar-refractivity contribution >= 4 is 11.6 Å². The average molecular weight is 338 g/mol. The van der Waals surface area contributed by atoms with Crippen LogP contribution < -0.4 is 9.64 Å². The van der Waals surface area contributed by atoms with Crippen LogP contribution in [0.15, 0.2) is 54.6 Å². The molecule has 1 heterocycles. The summed E-state index contributed by atoms with van der Waals surface area (Å²) in [5.74, 6) is 1.09. The summed E-state index contributed by atoms with van der Waals surface area (Å²) in [7, 11) is 1.66. The number of methoxy groups -OCH3 is 1. The smallest absolute Gasteiger partial charge is 0.223 e. The molecule has 3 rings (SSSR count). The van der Waals surface area contributed by atoms with Crippen molar-refractivity contribution in [2.45, 2.75) is 25.8 Å². The quantitative estimate of drug-likeness (QED) is 0.838. The van der Waals surface area contributed by atoms with Gasteiger partial charge in [-0.2, -0.15) is 0 Å². The van der Waals surface area contributed by atoms with Crippen molar-refractivity contribution in [3.63, 3.8) is 0 Å². The second-order valence-electron chi connectivity index (χ2n) is 6.57. The van der Waals surface area contributed by atoms with Crippen LogP contribution in [-0.2, 0) is 11.2 Å². The number of anilines is 1.